The normalized spacial score (nSPS) is 10.5. The summed E-state index contributed by atoms with van der Waals surface area (Å²) in [5.41, 5.74) is 0. The van der Waals surface area contributed by atoms with Gasteiger partial charge >= 0.3 is 0 Å². The molecule has 0 saturated heterocycles. The molecule has 19 heavy (non-hydrogen) atoms. The molecule has 0 fully saturated rings. The van der Waals surface area contributed by atoms with Gasteiger partial charge in [0, 0.05) is 19.0 Å². The average molecular weight is 265 g/mol. The first-order chi connectivity index (χ1) is 9.30. The molecule has 0 atom stereocenters. The number of aromatic nitrogens is 2. The van der Waals surface area contributed by atoms with Gasteiger partial charge < -0.3 is 10.1 Å². The third-order valence-corrected chi connectivity index (χ3v) is 2.78. The lowest BCUT2D eigenvalue weighted by Crippen LogP contribution is -2.07. The maximum atomic E-state index is 5.72. The summed E-state index contributed by atoms with van der Waals surface area (Å²) in [5, 5.41) is 3.30. The van der Waals surface area contributed by atoms with Gasteiger partial charge in [0.2, 0.25) is 5.88 Å². The lowest BCUT2D eigenvalue weighted by Gasteiger charge is -2.10. The predicted octanol–water partition coefficient (Wildman–Crippen LogP) is 3.82. The molecule has 0 aliphatic heterocycles. The van der Waals surface area contributed by atoms with Crippen LogP contribution in [0.5, 0.6) is 5.88 Å². The van der Waals surface area contributed by atoms with Gasteiger partial charge in [0.05, 0.1) is 6.61 Å². The maximum absolute atomic E-state index is 5.72. The number of aryl methyl sites for hydroxylation is 1. The Balaban J connectivity index is 2.63. The molecule has 0 bridgehead atoms. The molecule has 1 rings (SSSR count). The van der Waals surface area contributed by atoms with Crippen molar-refractivity contribution in [3.05, 3.63) is 11.9 Å². The Labute approximate surface area is 117 Å². The van der Waals surface area contributed by atoms with E-state index in [0.29, 0.717) is 5.88 Å². The van der Waals surface area contributed by atoms with Crippen molar-refractivity contribution in [3.8, 4) is 5.88 Å². The number of nitrogens with zero attached hydrogens (tertiary/aromatic N) is 2. The molecule has 0 aliphatic carbocycles. The van der Waals surface area contributed by atoms with Gasteiger partial charge in [-0.1, -0.05) is 33.6 Å². The third-order valence-electron chi connectivity index (χ3n) is 2.78. The Bertz CT molecular complexity index is 355. The second-order valence-corrected chi connectivity index (χ2v) is 4.74. The van der Waals surface area contributed by atoms with E-state index in [1.54, 1.807) is 0 Å². The molecule has 0 unspecified atom stereocenters. The molecule has 4 nitrogen and oxygen atoms in total. The molecule has 0 aliphatic rings. The van der Waals surface area contributed by atoms with Gasteiger partial charge in [0.15, 0.2) is 0 Å². The number of hydrogen-bond acceptors (Lipinski definition) is 4. The lowest BCUT2D eigenvalue weighted by molar-refractivity contribution is 0.293. The van der Waals surface area contributed by atoms with Crippen LogP contribution in [-0.2, 0) is 6.42 Å². The van der Waals surface area contributed by atoms with E-state index in [9.17, 15) is 0 Å². The summed E-state index contributed by atoms with van der Waals surface area (Å²) in [6.45, 7) is 8.14. The minimum atomic E-state index is 0.702. The van der Waals surface area contributed by atoms with Crippen LogP contribution in [0.15, 0.2) is 6.07 Å². The number of nitrogens with one attached hydrogen (secondary N) is 1. The van der Waals surface area contributed by atoms with E-state index in [1.807, 2.05) is 6.07 Å². The fraction of sp³-hybridized carbons (Fsp3) is 0.733. The van der Waals surface area contributed by atoms with E-state index in [1.165, 1.54) is 12.8 Å². The zero-order valence-corrected chi connectivity index (χ0v) is 12.5. The number of anilines is 1. The summed E-state index contributed by atoms with van der Waals surface area (Å²) in [4.78, 5) is 8.96. The van der Waals surface area contributed by atoms with E-state index in [4.69, 9.17) is 4.74 Å². The zero-order valence-electron chi connectivity index (χ0n) is 12.5. The van der Waals surface area contributed by atoms with Gasteiger partial charge in [0.25, 0.3) is 0 Å². The first kappa shape index (κ1) is 15.7. The third kappa shape index (κ3) is 6.41. The van der Waals surface area contributed by atoms with Gasteiger partial charge in [-0.25, -0.2) is 4.98 Å². The first-order valence-corrected chi connectivity index (χ1v) is 7.54. The van der Waals surface area contributed by atoms with Crippen LogP contribution < -0.4 is 10.1 Å². The van der Waals surface area contributed by atoms with Crippen molar-refractivity contribution in [2.75, 3.05) is 18.5 Å². The largest absolute Gasteiger partial charge is 0.478 e. The highest BCUT2D eigenvalue weighted by molar-refractivity contribution is 5.38. The number of hydrogen-bond donors (Lipinski definition) is 1. The van der Waals surface area contributed by atoms with Gasteiger partial charge in [-0.05, 0) is 19.3 Å². The molecule has 1 heterocycles. The lowest BCUT2D eigenvalue weighted by atomic mass is 10.3. The second kappa shape index (κ2) is 9.59. The van der Waals surface area contributed by atoms with E-state index in [0.717, 1.165) is 50.5 Å². The Morgan fingerprint density at radius 1 is 1.05 bits per heavy atom. The molecule has 0 amide bonds. The molecular weight excluding hydrogens is 238 g/mol. The topological polar surface area (TPSA) is 47.0 Å². The number of rotatable bonds is 10. The summed E-state index contributed by atoms with van der Waals surface area (Å²) in [6, 6.07) is 1.90. The summed E-state index contributed by atoms with van der Waals surface area (Å²) < 4.78 is 5.72. The van der Waals surface area contributed by atoms with E-state index < -0.39 is 0 Å². The van der Waals surface area contributed by atoms with Gasteiger partial charge in [-0.3, -0.25) is 0 Å². The standard InChI is InChI=1S/C15H27N3O/c1-4-7-8-11-19-15-12-14(16-10-6-3)17-13(18-15)9-5-2/h12H,4-11H2,1-3H3,(H,16,17,18). The Morgan fingerprint density at radius 3 is 2.58 bits per heavy atom. The quantitative estimate of drug-likeness (QED) is 0.653. The summed E-state index contributed by atoms with van der Waals surface area (Å²) in [5.74, 6) is 2.45. The highest BCUT2D eigenvalue weighted by Gasteiger charge is 2.05. The number of unbranched alkanes of at least 4 members (excludes halogenated alkanes) is 2. The van der Waals surface area contributed by atoms with E-state index in [-0.39, 0.29) is 0 Å². The fourth-order valence-corrected chi connectivity index (χ4v) is 1.75. The smallest absolute Gasteiger partial charge is 0.218 e. The molecule has 4 heteroatoms. The second-order valence-electron chi connectivity index (χ2n) is 4.74. The molecule has 1 aromatic rings. The molecule has 1 aromatic heterocycles. The van der Waals surface area contributed by atoms with Crippen LogP contribution in [0.25, 0.3) is 0 Å². The van der Waals surface area contributed by atoms with Crippen molar-refractivity contribution in [2.45, 2.75) is 59.3 Å². The monoisotopic (exact) mass is 265 g/mol. The van der Waals surface area contributed by atoms with E-state index >= 15 is 0 Å². The van der Waals surface area contributed by atoms with Crippen molar-refractivity contribution in [1.29, 1.82) is 0 Å². The molecule has 0 aromatic carbocycles. The molecule has 1 N–H and O–H groups in total. The molecule has 0 spiro atoms. The Hall–Kier alpha value is -1.32. The summed E-state index contributed by atoms with van der Waals surface area (Å²) >= 11 is 0. The van der Waals surface area contributed by atoms with Crippen LogP contribution in [0.1, 0.15) is 58.7 Å². The molecule has 108 valence electrons. The van der Waals surface area contributed by atoms with Crippen molar-refractivity contribution in [3.63, 3.8) is 0 Å². The van der Waals surface area contributed by atoms with Crippen molar-refractivity contribution < 1.29 is 4.74 Å². The zero-order chi connectivity index (χ0) is 13.9. The van der Waals surface area contributed by atoms with Gasteiger partial charge in [-0.15, -0.1) is 0 Å². The SMILES string of the molecule is CCCCCOc1cc(NCCC)nc(CCC)n1. The summed E-state index contributed by atoms with van der Waals surface area (Å²) in [7, 11) is 0. The van der Waals surface area contributed by atoms with Crippen LogP contribution in [-0.4, -0.2) is 23.1 Å². The highest BCUT2D eigenvalue weighted by Crippen LogP contribution is 2.15. The molecular formula is C15H27N3O. The van der Waals surface area contributed by atoms with Crippen LogP contribution in [0.2, 0.25) is 0 Å². The van der Waals surface area contributed by atoms with Crippen LogP contribution >= 0.6 is 0 Å². The van der Waals surface area contributed by atoms with Crippen molar-refractivity contribution >= 4 is 5.82 Å². The fourth-order valence-electron chi connectivity index (χ4n) is 1.75. The van der Waals surface area contributed by atoms with Crippen LogP contribution in [0, 0.1) is 0 Å². The van der Waals surface area contributed by atoms with Crippen LogP contribution in [0.4, 0.5) is 5.82 Å². The Kier molecular flexibility index (Phi) is 7.94. The molecule has 0 radical (unpaired) electrons. The van der Waals surface area contributed by atoms with Crippen molar-refractivity contribution in [2.24, 2.45) is 0 Å². The van der Waals surface area contributed by atoms with Crippen LogP contribution in [0.3, 0.4) is 0 Å². The maximum Gasteiger partial charge on any atom is 0.218 e. The first-order valence-electron chi connectivity index (χ1n) is 7.54. The highest BCUT2D eigenvalue weighted by atomic mass is 16.5. The van der Waals surface area contributed by atoms with Gasteiger partial charge in [0.1, 0.15) is 11.6 Å². The van der Waals surface area contributed by atoms with Crippen molar-refractivity contribution in [1.82, 2.24) is 9.97 Å². The minimum Gasteiger partial charge on any atom is -0.478 e. The number of ether oxygens (including phenoxy) is 1. The average Bonchev–Trinajstić information content (AvgIpc) is 2.42. The Morgan fingerprint density at radius 2 is 1.89 bits per heavy atom. The minimum absolute atomic E-state index is 0.702. The van der Waals surface area contributed by atoms with E-state index in [2.05, 4.69) is 36.1 Å². The predicted molar refractivity (Wildman–Crippen MR) is 79.8 cm³/mol. The summed E-state index contributed by atoms with van der Waals surface area (Å²) in [6.07, 6.45) is 6.52. The van der Waals surface area contributed by atoms with Gasteiger partial charge in [-0.2, -0.15) is 4.98 Å². The molecule has 0 saturated carbocycles.